The molecular formula is C22H28N2O2S. The van der Waals surface area contributed by atoms with Crippen molar-refractivity contribution < 1.29 is 9.00 Å². The Hall–Kier alpha value is -2.27. The average Bonchev–Trinajstić information content (AvgIpc) is 2.61. The predicted molar refractivity (Wildman–Crippen MR) is 112 cm³/mol. The number of rotatable bonds is 5. The van der Waals surface area contributed by atoms with Gasteiger partial charge in [-0.05, 0) is 38.0 Å². The van der Waals surface area contributed by atoms with Gasteiger partial charge in [-0.3, -0.25) is 4.79 Å². The molecule has 0 radical (unpaired) electrons. The summed E-state index contributed by atoms with van der Waals surface area (Å²) in [5, 5.41) is 3.00. The maximum absolute atomic E-state index is 12.9. The Morgan fingerprint density at radius 3 is 2.26 bits per heavy atom. The van der Waals surface area contributed by atoms with E-state index in [-0.39, 0.29) is 11.9 Å². The first-order chi connectivity index (χ1) is 12.6. The van der Waals surface area contributed by atoms with E-state index < -0.39 is 16.4 Å². The Labute approximate surface area is 164 Å². The number of nitrogens with zero attached hydrogens (tertiary/aromatic N) is 1. The Bertz CT molecular complexity index is 865. The highest BCUT2D eigenvalue weighted by molar-refractivity contribution is 7.84. The van der Waals surface area contributed by atoms with Crippen LogP contribution in [0, 0.1) is 12.3 Å². The van der Waals surface area contributed by atoms with Gasteiger partial charge in [-0.1, -0.05) is 68.8 Å². The van der Waals surface area contributed by atoms with Crippen molar-refractivity contribution in [3.8, 4) is 0 Å². The van der Waals surface area contributed by atoms with Crippen molar-refractivity contribution in [1.29, 1.82) is 0 Å². The van der Waals surface area contributed by atoms with E-state index in [2.05, 4.69) is 9.71 Å². The zero-order chi connectivity index (χ0) is 20.2. The predicted octanol–water partition coefficient (Wildman–Crippen LogP) is 4.75. The first-order valence-electron chi connectivity index (χ1n) is 9.03. The number of benzene rings is 2. The molecule has 0 heterocycles. The van der Waals surface area contributed by atoms with Gasteiger partial charge in [0.05, 0.1) is 16.6 Å². The molecule has 0 bridgehead atoms. The summed E-state index contributed by atoms with van der Waals surface area (Å²) in [5.74, 6) is -0.0464. The fourth-order valence-corrected chi connectivity index (χ4v) is 3.60. The van der Waals surface area contributed by atoms with Crippen LogP contribution in [-0.2, 0) is 15.8 Å². The van der Waals surface area contributed by atoms with Crippen molar-refractivity contribution in [1.82, 2.24) is 5.32 Å². The van der Waals surface area contributed by atoms with Crippen molar-refractivity contribution in [3.63, 3.8) is 0 Å². The van der Waals surface area contributed by atoms with Gasteiger partial charge in [-0.15, -0.1) is 0 Å². The van der Waals surface area contributed by atoms with Crippen LogP contribution in [0.4, 0.5) is 0 Å². The molecule has 4 nitrogen and oxygen atoms in total. The second kappa shape index (κ2) is 8.61. The highest BCUT2D eigenvalue weighted by Gasteiger charge is 2.24. The highest BCUT2D eigenvalue weighted by Crippen LogP contribution is 2.24. The van der Waals surface area contributed by atoms with Gasteiger partial charge in [-0.2, -0.15) is 4.40 Å². The molecule has 2 aromatic rings. The summed E-state index contributed by atoms with van der Waals surface area (Å²) in [4.78, 5) is 12.9. The van der Waals surface area contributed by atoms with E-state index >= 15 is 0 Å². The van der Waals surface area contributed by atoms with Crippen LogP contribution in [0.15, 0.2) is 57.8 Å². The van der Waals surface area contributed by atoms with E-state index in [4.69, 9.17) is 0 Å². The molecule has 2 aromatic carbocycles. The zero-order valence-corrected chi connectivity index (χ0v) is 17.7. The minimum absolute atomic E-state index is 0.0464. The molecule has 0 fully saturated rings. The van der Waals surface area contributed by atoms with Crippen LogP contribution < -0.4 is 5.32 Å². The van der Waals surface area contributed by atoms with Crippen molar-refractivity contribution in [2.75, 3.05) is 0 Å². The van der Waals surface area contributed by atoms with E-state index in [1.54, 1.807) is 6.07 Å². The van der Waals surface area contributed by atoms with Crippen LogP contribution >= 0.6 is 0 Å². The molecule has 144 valence electrons. The molecule has 0 spiro atoms. The van der Waals surface area contributed by atoms with Crippen molar-refractivity contribution in [3.05, 3.63) is 65.2 Å². The van der Waals surface area contributed by atoms with Crippen molar-refractivity contribution in [2.45, 2.75) is 52.5 Å². The van der Waals surface area contributed by atoms with Crippen LogP contribution in [0.25, 0.3) is 0 Å². The van der Waals surface area contributed by atoms with E-state index in [1.165, 1.54) is 5.56 Å². The number of amides is 1. The SMILES string of the molecule is C/C(=N\[S@](=O)c1ccccc1[C@@H](C)NC(=O)C(C)(C)C)c1ccc(C)cc1. The summed E-state index contributed by atoms with van der Waals surface area (Å²) in [6.45, 7) is 11.4. The minimum Gasteiger partial charge on any atom is -0.349 e. The minimum atomic E-state index is -1.55. The quantitative estimate of drug-likeness (QED) is 0.756. The Kier molecular flexibility index (Phi) is 6.71. The highest BCUT2D eigenvalue weighted by atomic mass is 32.2. The standard InChI is InChI=1S/C22H28N2O2S/c1-15-11-13-18(14-12-15)16(2)24-27(26)20-10-8-7-9-19(20)17(3)23-21(25)22(4,5)6/h7-14,17H,1-6H3,(H,23,25)/b24-16+/t17-,27-/m1/s1. The van der Waals surface area contributed by atoms with Gasteiger partial charge in [-0.25, -0.2) is 4.21 Å². The summed E-state index contributed by atoms with van der Waals surface area (Å²) in [5.41, 5.74) is 3.16. The smallest absolute Gasteiger partial charge is 0.225 e. The lowest BCUT2D eigenvalue weighted by atomic mass is 9.94. The summed E-state index contributed by atoms with van der Waals surface area (Å²) >= 11 is 0. The molecule has 0 unspecified atom stereocenters. The fourth-order valence-electron chi connectivity index (χ4n) is 2.51. The van der Waals surface area contributed by atoms with Crippen LogP contribution in [-0.4, -0.2) is 15.8 Å². The second-order valence-electron chi connectivity index (χ2n) is 7.77. The third-order valence-corrected chi connectivity index (χ3v) is 5.48. The maximum Gasteiger partial charge on any atom is 0.225 e. The van der Waals surface area contributed by atoms with E-state index in [0.717, 1.165) is 16.8 Å². The number of hydrogen-bond acceptors (Lipinski definition) is 2. The third kappa shape index (κ3) is 5.60. The number of nitrogens with one attached hydrogen (secondary N) is 1. The summed E-state index contributed by atoms with van der Waals surface area (Å²) in [6.07, 6.45) is 0. The summed E-state index contributed by atoms with van der Waals surface area (Å²) in [6, 6.07) is 15.1. The largest absolute Gasteiger partial charge is 0.349 e. The molecule has 5 heteroatoms. The monoisotopic (exact) mass is 384 g/mol. The summed E-state index contributed by atoms with van der Waals surface area (Å²) in [7, 11) is -1.55. The molecule has 2 atom stereocenters. The topological polar surface area (TPSA) is 58.5 Å². The lowest BCUT2D eigenvalue weighted by Gasteiger charge is -2.23. The molecule has 0 saturated heterocycles. The molecule has 0 aromatic heterocycles. The van der Waals surface area contributed by atoms with Crippen molar-refractivity contribution >= 4 is 22.6 Å². The van der Waals surface area contributed by atoms with E-state index in [0.29, 0.717) is 4.90 Å². The summed E-state index contributed by atoms with van der Waals surface area (Å²) < 4.78 is 17.3. The molecule has 27 heavy (non-hydrogen) atoms. The number of hydrogen-bond donors (Lipinski definition) is 1. The molecule has 0 aliphatic rings. The van der Waals surface area contributed by atoms with Gasteiger partial charge >= 0.3 is 0 Å². The van der Waals surface area contributed by atoms with Crippen LogP contribution in [0.5, 0.6) is 0 Å². The second-order valence-corrected chi connectivity index (χ2v) is 8.90. The fraction of sp³-hybridized carbons (Fsp3) is 0.364. The molecule has 2 rings (SSSR count). The maximum atomic E-state index is 12.9. The van der Waals surface area contributed by atoms with Crippen LogP contribution in [0.1, 0.15) is 57.4 Å². The molecule has 1 N–H and O–H groups in total. The van der Waals surface area contributed by atoms with Gasteiger partial charge in [0.15, 0.2) is 11.0 Å². The number of carbonyl (C=O) groups excluding carboxylic acids is 1. The van der Waals surface area contributed by atoms with Gasteiger partial charge in [0.1, 0.15) is 0 Å². The van der Waals surface area contributed by atoms with Crippen LogP contribution in [0.2, 0.25) is 0 Å². The average molecular weight is 385 g/mol. The number of carbonyl (C=O) groups is 1. The van der Waals surface area contributed by atoms with Gasteiger partial charge in [0.25, 0.3) is 0 Å². The zero-order valence-electron chi connectivity index (χ0n) is 16.9. The van der Waals surface area contributed by atoms with Gasteiger partial charge in [0, 0.05) is 5.41 Å². The normalized spacial score (nSPS) is 14.5. The molecular weight excluding hydrogens is 356 g/mol. The van der Waals surface area contributed by atoms with Gasteiger partial charge < -0.3 is 5.32 Å². The van der Waals surface area contributed by atoms with E-state index in [9.17, 15) is 9.00 Å². The molecule has 0 aliphatic heterocycles. The van der Waals surface area contributed by atoms with Crippen molar-refractivity contribution in [2.24, 2.45) is 9.81 Å². The third-order valence-electron chi connectivity index (χ3n) is 4.29. The molecule has 0 saturated carbocycles. The Balaban J connectivity index is 2.28. The van der Waals surface area contributed by atoms with Gasteiger partial charge in [0.2, 0.25) is 5.91 Å². The first-order valence-corrected chi connectivity index (χ1v) is 10.1. The van der Waals surface area contributed by atoms with E-state index in [1.807, 2.05) is 84.0 Å². The van der Waals surface area contributed by atoms with Crippen LogP contribution in [0.3, 0.4) is 0 Å². The molecule has 0 aliphatic carbocycles. The first kappa shape index (κ1) is 21.0. The Morgan fingerprint density at radius 2 is 1.67 bits per heavy atom. The lowest BCUT2D eigenvalue weighted by Crippen LogP contribution is -2.36. The lowest BCUT2D eigenvalue weighted by molar-refractivity contribution is -0.129. The Morgan fingerprint density at radius 1 is 1.07 bits per heavy atom. The molecule has 1 amide bonds. The number of aryl methyl sites for hydroxylation is 1.